The van der Waals surface area contributed by atoms with Gasteiger partial charge in [0.15, 0.2) is 0 Å². The Kier molecular flexibility index (Phi) is 6.85. The molecule has 0 radical (unpaired) electrons. The maximum atomic E-state index is 12.4. The van der Waals surface area contributed by atoms with Gasteiger partial charge < -0.3 is 21.7 Å². The molecule has 1 aromatic rings. The molecule has 2 aliphatic rings. The number of nitrogens with two attached hydrogens (primary N) is 1. The van der Waals surface area contributed by atoms with E-state index < -0.39 is 35.8 Å². The highest BCUT2D eigenvalue weighted by Crippen LogP contribution is 2.26. The summed E-state index contributed by atoms with van der Waals surface area (Å²) in [4.78, 5) is 49.0. The quantitative estimate of drug-likeness (QED) is 0.519. The van der Waals surface area contributed by atoms with Crippen molar-refractivity contribution in [3.8, 4) is 0 Å². The summed E-state index contributed by atoms with van der Waals surface area (Å²) in [6.45, 7) is 0. The van der Waals surface area contributed by atoms with Crippen molar-refractivity contribution in [2.24, 2.45) is 11.7 Å². The van der Waals surface area contributed by atoms with Crippen molar-refractivity contribution in [1.29, 1.82) is 0 Å². The fourth-order valence-corrected chi connectivity index (χ4v) is 4.12. The Bertz CT molecular complexity index is 761. The lowest BCUT2D eigenvalue weighted by Crippen LogP contribution is -2.63. The average molecular weight is 400 g/mol. The molecule has 1 aliphatic heterocycles. The van der Waals surface area contributed by atoms with Crippen LogP contribution in [0.5, 0.6) is 0 Å². The van der Waals surface area contributed by atoms with E-state index in [-0.39, 0.29) is 18.2 Å². The van der Waals surface area contributed by atoms with Gasteiger partial charge in [-0.1, -0.05) is 49.6 Å². The third-order valence-corrected chi connectivity index (χ3v) is 5.68. The Balaban J connectivity index is 1.54. The Labute approximate surface area is 170 Å². The molecule has 0 aromatic heterocycles. The third kappa shape index (κ3) is 5.56. The van der Waals surface area contributed by atoms with Crippen LogP contribution in [0.3, 0.4) is 0 Å². The summed E-state index contributed by atoms with van der Waals surface area (Å²) in [5.41, 5.74) is 6.42. The summed E-state index contributed by atoms with van der Waals surface area (Å²) in [5.74, 6) is -1.75. The second-order valence-electron chi connectivity index (χ2n) is 7.86. The molecule has 1 aromatic carbocycles. The first-order chi connectivity index (χ1) is 13.9. The summed E-state index contributed by atoms with van der Waals surface area (Å²) in [7, 11) is 0. The molecule has 1 aliphatic carbocycles. The van der Waals surface area contributed by atoms with Crippen LogP contribution in [0.25, 0.3) is 0 Å². The van der Waals surface area contributed by atoms with Gasteiger partial charge in [-0.2, -0.15) is 0 Å². The number of rotatable bonds is 7. The highest BCUT2D eigenvalue weighted by atomic mass is 16.2. The molecule has 1 saturated carbocycles. The van der Waals surface area contributed by atoms with E-state index in [0.717, 1.165) is 37.7 Å². The van der Waals surface area contributed by atoms with Gasteiger partial charge in [0.05, 0.1) is 6.42 Å². The van der Waals surface area contributed by atoms with Crippen molar-refractivity contribution in [2.75, 3.05) is 0 Å². The van der Waals surface area contributed by atoms with Crippen LogP contribution < -0.4 is 21.7 Å². The summed E-state index contributed by atoms with van der Waals surface area (Å²) in [6, 6.07) is 7.00. The Morgan fingerprint density at radius 2 is 1.62 bits per heavy atom. The van der Waals surface area contributed by atoms with E-state index in [9.17, 15) is 19.2 Å². The van der Waals surface area contributed by atoms with Gasteiger partial charge in [-0.15, -0.1) is 0 Å². The summed E-state index contributed by atoms with van der Waals surface area (Å²) in [6.07, 6.45) is 4.97. The normalized spacial score (nSPS) is 23.6. The van der Waals surface area contributed by atoms with Crippen LogP contribution in [0, 0.1) is 5.92 Å². The minimum Gasteiger partial charge on any atom is -0.368 e. The summed E-state index contributed by atoms with van der Waals surface area (Å²) < 4.78 is 0. The third-order valence-electron chi connectivity index (χ3n) is 5.68. The molecule has 2 fully saturated rings. The van der Waals surface area contributed by atoms with Crippen LogP contribution >= 0.6 is 0 Å². The molecule has 4 amide bonds. The number of carbonyl (C=O) groups is 4. The van der Waals surface area contributed by atoms with Crippen LogP contribution in [-0.4, -0.2) is 41.8 Å². The van der Waals surface area contributed by atoms with E-state index in [0.29, 0.717) is 6.42 Å². The van der Waals surface area contributed by atoms with Crippen molar-refractivity contribution < 1.29 is 19.2 Å². The van der Waals surface area contributed by atoms with Gasteiger partial charge in [-0.05, 0) is 24.3 Å². The van der Waals surface area contributed by atoms with Crippen molar-refractivity contribution >= 4 is 23.6 Å². The predicted octanol–water partition coefficient (Wildman–Crippen LogP) is 0.153. The fourth-order valence-electron chi connectivity index (χ4n) is 4.12. The molecule has 8 heteroatoms. The maximum Gasteiger partial charge on any atom is 0.243 e. The first-order valence-electron chi connectivity index (χ1n) is 10.2. The molecule has 1 heterocycles. The maximum absolute atomic E-state index is 12.4. The number of piperazine rings is 1. The highest BCUT2D eigenvalue weighted by molar-refractivity contribution is 5.99. The van der Waals surface area contributed by atoms with Gasteiger partial charge >= 0.3 is 0 Å². The smallest absolute Gasteiger partial charge is 0.243 e. The molecule has 0 spiro atoms. The molecule has 5 N–H and O–H groups in total. The Morgan fingerprint density at radius 3 is 2.28 bits per heavy atom. The van der Waals surface area contributed by atoms with Gasteiger partial charge in [-0.25, -0.2) is 0 Å². The first kappa shape index (κ1) is 20.8. The Morgan fingerprint density at radius 1 is 1.00 bits per heavy atom. The van der Waals surface area contributed by atoms with E-state index in [2.05, 4.69) is 16.0 Å². The van der Waals surface area contributed by atoms with Crippen LogP contribution in [-0.2, 0) is 25.6 Å². The molecule has 8 nitrogen and oxygen atoms in total. The highest BCUT2D eigenvalue weighted by Gasteiger charge is 2.36. The second kappa shape index (κ2) is 9.54. The zero-order valence-electron chi connectivity index (χ0n) is 16.4. The molecule has 0 bridgehead atoms. The van der Waals surface area contributed by atoms with Gasteiger partial charge in [0.2, 0.25) is 23.6 Å². The first-order valence-corrected chi connectivity index (χ1v) is 10.2. The fraction of sp³-hybridized carbons (Fsp3) is 0.524. The summed E-state index contributed by atoms with van der Waals surface area (Å²) in [5, 5.41) is 7.98. The predicted molar refractivity (Wildman–Crippen MR) is 106 cm³/mol. The van der Waals surface area contributed by atoms with Gasteiger partial charge in [-0.3, -0.25) is 19.2 Å². The molecule has 1 saturated heterocycles. The summed E-state index contributed by atoms with van der Waals surface area (Å²) >= 11 is 0. The molecule has 0 unspecified atom stereocenters. The lowest BCUT2D eigenvalue weighted by Gasteiger charge is -2.31. The molecule has 3 rings (SSSR count). The lowest BCUT2D eigenvalue weighted by molar-refractivity contribution is -0.139. The zero-order valence-corrected chi connectivity index (χ0v) is 16.4. The SMILES string of the molecule is NC(=O)[C@H](NC(=O)C[C@@H]1NC(=O)[C@H](Cc2ccccc2)NC1=O)C1CCCCC1. The van der Waals surface area contributed by atoms with Crippen molar-refractivity contribution in [2.45, 2.75) is 63.1 Å². The van der Waals surface area contributed by atoms with Gasteiger partial charge in [0, 0.05) is 6.42 Å². The number of nitrogens with one attached hydrogen (secondary N) is 3. The van der Waals surface area contributed by atoms with Crippen LogP contribution in [0.4, 0.5) is 0 Å². The molecular weight excluding hydrogens is 372 g/mol. The molecule has 29 heavy (non-hydrogen) atoms. The average Bonchev–Trinajstić information content (AvgIpc) is 2.71. The largest absolute Gasteiger partial charge is 0.368 e. The van der Waals surface area contributed by atoms with E-state index in [4.69, 9.17) is 5.73 Å². The molecule has 156 valence electrons. The topological polar surface area (TPSA) is 130 Å². The van der Waals surface area contributed by atoms with Crippen molar-refractivity contribution in [3.63, 3.8) is 0 Å². The minimum atomic E-state index is -0.964. The number of carbonyl (C=O) groups excluding carboxylic acids is 4. The number of hydrogen-bond acceptors (Lipinski definition) is 4. The van der Waals surface area contributed by atoms with Crippen molar-refractivity contribution in [1.82, 2.24) is 16.0 Å². The Hall–Kier alpha value is -2.90. The zero-order chi connectivity index (χ0) is 20.8. The minimum absolute atomic E-state index is 0.0234. The van der Waals surface area contributed by atoms with Crippen molar-refractivity contribution in [3.05, 3.63) is 35.9 Å². The number of amides is 4. The number of primary amides is 1. The van der Waals surface area contributed by atoms with Crippen LogP contribution in [0.1, 0.15) is 44.1 Å². The van der Waals surface area contributed by atoms with E-state index in [1.54, 1.807) is 0 Å². The van der Waals surface area contributed by atoms with Crippen LogP contribution in [0.15, 0.2) is 30.3 Å². The van der Waals surface area contributed by atoms with Gasteiger partial charge in [0.1, 0.15) is 18.1 Å². The lowest BCUT2D eigenvalue weighted by atomic mass is 9.83. The van der Waals surface area contributed by atoms with E-state index in [1.807, 2.05) is 30.3 Å². The second-order valence-corrected chi connectivity index (χ2v) is 7.86. The molecular formula is C21H28N4O4. The molecule has 3 atom stereocenters. The van der Waals surface area contributed by atoms with E-state index >= 15 is 0 Å². The standard InChI is InChI=1S/C21H28N4O4/c22-19(27)18(14-9-5-2-6-10-14)25-17(26)12-16-21(29)23-15(20(28)24-16)11-13-7-3-1-4-8-13/h1,3-4,7-8,14-16,18H,2,5-6,9-12H2,(H2,22,27)(H,23,29)(H,24,28)(H,25,26)/t15-,16-,18+/m0/s1. The number of benzene rings is 1. The van der Waals surface area contributed by atoms with E-state index in [1.165, 1.54) is 0 Å². The monoisotopic (exact) mass is 400 g/mol. The van der Waals surface area contributed by atoms with Crippen LogP contribution in [0.2, 0.25) is 0 Å². The van der Waals surface area contributed by atoms with Gasteiger partial charge in [0.25, 0.3) is 0 Å². The number of hydrogen-bond donors (Lipinski definition) is 4.